The van der Waals surface area contributed by atoms with Crippen LogP contribution >= 0.6 is 0 Å². The van der Waals surface area contributed by atoms with E-state index in [0.717, 1.165) is 11.8 Å². The molecule has 5 nitrogen and oxygen atoms in total. The molecule has 0 atom stereocenters. The largest absolute Gasteiger partial charge is 0.478 e. The van der Waals surface area contributed by atoms with E-state index in [1.807, 2.05) is 0 Å². The molecule has 1 aromatic carbocycles. The molecule has 0 aliphatic rings. The summed E-state index contributed by atoms with van der Waals surface area (Å²) in [5.41, 5.74) is 1.56. The highest BCUT2D eigenvalue weighted by Gasteiger charge is 2.16. The number of nitrogens with zero attached hydrogens (tertiary/aromatic N) is 1. The summed E-state index contributed by atoms with van der Waals surface area (Å²) in [7, 11) is -1.37. The number of rotatable bonds is 5. The average molecular weight is 271 g/mol. The van der Waals surface area contributed by atoms with E-state index in [4.69, 9.17) is 5.11 Å². The number of anilines is 1. The van der Waals surface area contributed by atoms with Crippen molar-refractivity contribution < 1.29 is 18.3 Å². The third-order valence-corrected chi connectivity index (χ3v) is 3.57. The standard InChI is InChI=1S/C12H17NO4S/c1-9-5-4-6-10(12(14)15)11(9)13(2)7-8-18(3,16)17/h4-6H,7-8H2,1-3H3,(H,14,15). The molecule has 6 heteroatoms. The lowest BCUT2D eigenvalue weighted by Gasteiger charge is -2.22. The van der Waals surface area contributed by atoms with Gasteiger partial charge in [0.25, 0.3) is 0 Å². The Kier molecular flexibility index (Phi) is 4.34. The minimum atomic E-state index is -3.06. The van der Waals surface area contributed by atoms with Gasteiger partial charge in [0.2, 0.25) is 0 Å². The summed E-state index contributed by atoms with van der Waals surface area (Å²) in [6, 6.07) is 4.99. The van der Waals surface area contributed by atoms with Crippen LogP contribution in [0.2, 0.25) is 0 Å². The van der Waals surface area contributed by atoms with Crippen LogP contribution in [0, 0.1) is 6.92 Å². The van der Waals surface area contributed by atoms with Crippen molar-refractivity contribution in [2.75, 3.05) is 30.5 Å². The molecule has 18 heavy (non-hydrogen) atoms. The highest BCUT2D eigenvalue weighted by molar-refractivity contribution is 7.90. The number of aromatic carboxylic acids is 1. The lowest BCUT2D eigenvalue weighted by Crippen LogP contribution is -2.27. The molecule has 0 spiro atoms. The molecule has 0 aliphatic heterocycles. The van der Waals surface area contributed by atoms with Crippen LogP contribution < -0.4 is 4.90 Å². The number of carbonyl (C=O) groups is 1. The molecule has 1 rings (SSSR count). The van der Waals surface area contributed by atoms with E-state index in [-0.39, 0.29) is 17.9 Å². The van der Waals surface area contributed by atoms with Gasteiger partial charge in [0.15, 0.2) is 0 Å². The van der Waals surface area contributed by atoms with Crippen LogP contribution in [0.4, 0.5) is 5.69 Å². The third kappa shape index (κ3) is 3.73. The summed E-state index contributed by atoms with van der Waals surface area (Å²) < 4.78 is 22.3. The van der Waals surface area contributed by atoms with E-state index in [0.29, 0.717) is 5.69 Å². The van der Waals surface area contributed by atoms with E-state index >= 15 is 0 Å². The molecular formula is C12H17NO4S. The zero-order valence-electron chi connectivity index (χ0n) is 10.7. The molecule has 0 unspecified atom stereocenters. The molecule has 0 heterocycles. The van der Waals surface area contributed by atoms with Crippen LogP contribution in [0.15, 0.2) is 18.2 Å². The van der Waals surface area contributed by atoms with E-state index < -0.39 is 15.8 Å². The van der Waals surface area contributed by atoms with Crippen LogP contribution in [0.1, 0.15) is 15.9 Å². The van der Waals surface area contributed by atoms with E-state index in [2.05, 4.69) is 0 Å². The molecule has 0 radical (unpaired) electrons. The number of benzene rings is 1. The van der Waals surface area contributed by atoms with Crippen molar-refractivity contribution in [3.8, 4) is 0 Å². The molecule has 1 aromatic rings. The maximum Gasteiger partial charge on any atom is 0.337 e. The molecule has 0 aromatic heterocycles. The van der Waals surface area contributed by atoms with Gasteiger partial charge in [0, 0.05) is 19.8 Å². The van der Waals surface area contributed by atoms with E-state index in [9.17, 15) is 13.2 Å². The van der Waals surface area contributed by atoms with Gasteiger partial charge in [-0.1, -0.05) is 12.1 Å². The minimum Gasteiger partial charge on any atom is -0.478 e. The summed E-state index contributed by atoms with van der Waals surface area (Å²) >= 11 is 0. The second kappa shape index (κ2) is 5.39. The van der Waals surface area contributed by atoms with E-state index in [1.54, 1.807) is 31.0 Å². The summed E-state index contributed by atoms with van der Waals surface area (Å²) in [5.74, 6) is -1.02. The lowest BCUT2D eigenvalue weighted by atomic mass is 10.1. The van der Waals surface area contributed by atoms with Gasteiger partial charge in [0.1, 0.15) is 9.84 Å². The summed E-state index contributed by atoms with van der Waals surface area (Å²) in [5, 5.41) is 9.12. The smallest absolute Gasteiger partial charge is 0.337 e. The quantitative estimate of drug-likeness (QED) is 0.870. The van der Waals surface area contributed by atoms with Gasteiger partial charge in [-0.25, -0.2) is 13.2 Å². The monoisotopic (exact) mass is 271 g/mol. The van der Waals surface area contributed by atoms with Crippen LogP contribution in [0.5, 0.6) is 0 Å². The number of aryl methyl sites for hydroxylation is 1. The van der Waals surface area contributed by atoms with Crippen molar-refractivity contribution in [2.24, 2.45) is 0 Å². The minimum absolute atomic E-state index is 0.00308. The summed E-state index contributed by atoms with van der Waals surface area (Å²) in [6.45, 7) is 2.07. The molecule has 0 saturated carbocycles. The van der Waals surface area contributed by atoms with Crippen molar-refractivity contribution in [3.05, 3.63) is 29.3 Å². The van der Waals surface area contributed by atoms with Crippen LogP contribution in [0.25, 0.3) is 0 Å². The fourth-order valence-corrected chi connectivity index (χ4v) is 2.36. The van der Waals surface area contributed by atoms with Gasteiger partial charge in [-0.3, -0.25) is 0 Å². The van der Waals surface area contributed by atoms with E-state index in [1.165, 1.54) is 6.07 Å². The second-order valence-electron chi connectivity index (χ2n) is 4.33. The fraction of sp³-hybridized carbons (Fsp3) is 0.417. The Balaban J connectivity index is 3.04. The SMILES string of the molecule is Cc1cccc(C(=O)O)c1N(C)CCS(C)(=O)=O. The van der Waals surface area contributed by atoms with Crippen molar-refractivity contribution in [1.82, 2.24) is 0 Å². The highest BCUT2D eigenvalue weighted by Crippen LogP contribution is 2.24. The number of carboxylic acids is 1. The van der Waals surface area contributed by atoms with Crippen LogP contribution in [0.3, 0.4) is 0 Å². The highest BCUT2D eigenvalue weighted by atomic mass is 32.2. The van der Waals surface area contributed by atoms with Crippen molar-refractivity contribution in [2.45, 2.75) is 6.92 Å². The first-order chi connectivity index (χ1) is 8.22. The maximum absolute atomic E-state index is 11.1. The molecule has 0 bridgehead atoms. The molecule has 1 N–H and O–H groups in total. The number of para-hydroxylation sites is 1. The summed E-state index contributed by atoms with van der Waals surface area (Å²) in [6.07, 6.45) is 1.16. The Morgan fingerprint density at radius 3 is 2.50 bits per heavy atom. The Morgan fingerprint density at radius 2 is 2.00 bits per heavy atom. The predicted molar refractivity (Wildman–Crippen MR) is 71.1 cm³/mol. The van der Waals surface area contributed by atoms with Gasteiger partial charge in [0.05, 0.1) is 17.0 Å². The number of hydrogen-bond donors (Lipinski definition) is 1. The summed E-state index contributed by atoms with van der Waals surface area (Å²) in [4.78, 5) is 12.8. The number of carboxylic acid groups (broad SMARTS) is 1. The zero-order chi connectivity index (χ0) is 13.9. The Bertz CT molecular complexity index is 551. The molecule has 0 fully saturated rings. The van der Waals surface area contributed by atoms with Crippen molar-refractivity contribution >= 4 is 21.5 Å². The Labute approximate surface area is 107 Å². The maximum atomic E-state index is 11.1. The zero-order valence-corrected chi connectivity index (χ0v) is 11.5. The predicted octanol–water partition coefficient (Wildman–Crippen LogP) is 1.17. The molecule has 0 aliphatic carbocycles. The third-order valence-electron chi connectivity index (χ3n) is 2.65. The van der Waals surface area contributed by atoms with Crippen LogP contribution in [-0.4, -0.2) is 45.1 Å². The fourth-order valence-electron chi connectivity index (χ4n) is 1.75. The van der Waals surface area contributed by atoms with Gasteiger partial charge >= 0.3 is 5.97 Å². The van der Waals surface area contributed by atoms with Crippen LogP contribution in [-0.2, 0) is 9.84 Å². The first-order valence-electron chi connectivity index (χ1n) is 5.44. The number of sulfone groups is 1. The van der Waals surface area contributed by atoms with Crippen molar-refractivity contribution in [1.29, 1.82) is 0 Å². The normalized spacial score (nSPS) is 11.3. The first kappa shape index (κ1) is 14.5. The Morgan fingerprint density at radius 1 is 1.39 bits per heavy atom. The molecule has 0 amide bonds. The molecule has 100 valence electrons. The van der Waals surface area contributed by atoms with Gasteiger partial charge < -0.3 is 10.0 Å². The second-order valence-corrected chi connectivity index (χ2v) is 6.59. The molecular weight excluding hydrogens is 254 g/mol. The number of hydrogen-bond acceptors (Lipinski definition) is 4. The lowest BCUT2D eigenvalue weighted by molar-refractivity contribution is 0.0697. The molecule has 0 saturated heterocycles. The topological polar surface area (TPSA) is 74.7 Å². The average Bonchev–Trinajstić information content (AvgIpc) is 2.24. The van der Waals surface area contributed by atoms with Crippen molar-refractivity contribution in [3.63, 3.8) is 0 Å². The van der Waals surface area contributed by atoms with Gasteiger partial charge in [-0.05, 0) is 18.6 Å². The Hall–Kier alpha value is -1.56. The van der Waals surface area contributed by atoms with Gasteiger partial charge in [-0.2, -0.15) is 0 Å². The first-order valence-corrected chi connectivity index (χ1v) is 7.50. The van der Waals surface area contributed by atoms with Gasteiger partial charge in [-0.15, -0.1) is 0 Å².